The average molecular weight is 323 g/mol. The van der Waals surface area contributed by atoms with E-state index in [9.17, 15) is 0 Å². The van der Waals surface area contributed by atoms with Crippen molar-refractivity contribution in [1.82, 2.24) is 0 Å². The van der Waals surface area contributed by atoms with Crippen LogP contribution in [0.5, 0.6) is 0 Å². The van der Waals surface area contributed by atoms with Gasteiger partial charge in [0.05, 0.1) is 0 Å². The predicted molar refractivity (Wildman–Crippen MR) is 89.8 cm³/mol. The van der Waals surface area contributed by atoms with Crippen LogP contribution in [-0.2, 0) is 0 Å². The van der Waals surface area contributed by atoms with Crippen molar-refractivity contribution in [1.29, 1.82) is 0 Å². The van der Waals surface area contributed by atoms with Crippen LogP contribution in [0.15, 0.2) is 64.7 Å². The van der Waals surface area contributed by atoms with Crippen molar-refractivity contribution in [2.45, 2.75) is 12.8 Å². The van der Waals surface area contributed by atoms with Crippen LogP contribution < -0.4 is 0 Å². The van der Waals surface area contributed by atoms with Crippen molar-refractivity contribution in [3.8, 4) is 0 Å². The fraction of sp³-hybridized carbons (Fsp3) is 0.158. The molecule has 0 bridgehead atoms. The molecule has 2 aliphatic rings. The van der Waals surface area contributed by atoms with Gasteiger partial charge in [-0.1, -0.05) is 77.5 Å². The molecule has 0 N–H and O–H groups in total. The van der Waals surface area contributed by atoms with Gasteiger partial charge < -0.3 is 0 Å². The Kier molecular flexibility index (Phi) is 2.71. The van der Waals surface area contributed by atoms with Crippen molar-refractivity contribution in [3.05, 3.63) is 75.8 Å². The van der Waals surface area contributed by atoms with Gasteiger partial charge in [0.15, 0.2) is 0 Å². The molecule has 0 heterocycles. The topological polar surface area (TPSA) is 0 Å². The molecule has 0 aromatic heterocycles. The van der Waals surface area contributed by atoms with Gasteiger partial charge in [0.2, 0.25) is 0 Å². The van der Waals surface area contributed by atoms with Gasteiger partial charge in [0.1, 0.15) is 0 Å². The molecule has 2 atom stereocenters. The standard InChI is InChI=1S/C19H15Br/c1-12-5-4-6-13-9-10-14-11-17(20)15-7-2-3-8-16(15)19(14)18(12)13/h2-12,18H,1H3. The van der Waals surface area contributed by atoms with Gasteiger partial charge >= 0.3 is 0 Å². The van der Waals surface area contributed by atoms with E-state index in [2.05, 4.69) is 83.6 Å². The van der Waals surface area contributed by atoms with E-state index in [1.165, 1.54) is 31.9 Å². The smallest absolute Gasteiger partial charge is 0.0259 e. The molecule has 2 unspecified atom stereocenters. The average Bonchev–Trinajstić information content (AvgIpc) is 2.47. The molecule has 2 aromatic carbocycles. The lowest BCUT2D eigenvalue weighted by Gasteiger charge is -2.31. The van der Waals surface area contributed by atoms with Gasteiger partial charge in [-0.3, -0.25) is 0 Å². The molecule has 0 fully saturated rings. The maximum absolute atomic E-state index is 3.72. The molecule has 0 nitrogen and oxygen atoms in total. The second-order valence-corrected chi connectivity index (χ2v) is 6.48. The molecule has 0 saturated heterocycles. The molecule has 0 aliphatic heterocycles. The molecule has 1 heteroatoms. The molecule has 0 spiro atoms. The minimum Gasteiger partial charge on any atom is -0.0807 e. The van der Waals surface area contributed by atoms with Crippen molar-refractivity contribution in [3.63, 3.8) is 0 Å². The first kappa shape index (κ1) is 12.2. The van der Waals surface area contributed by atoms with Crippen LogP contribution in [0.25, 0.3) is 16.8 Å². The van der Waals surface area contributed by atoms with Gasteiger partial charge in [-0.15, -0.1) is 0 Å². The first-order valence-corrected chi connectivity index (χ1v) is 7.82. The zero-order valence-electron chi connectivity index (χ0n) is 11.3. The number of allylic oxidation sites excluding steroid dienone is 5. The van der Waals surface area contributed by atoms with Crippen molar-refractivity contribution >= 4 is 32.8 Å². The lowest BCUT2D eigenvalue weighted by molar-refractivity contribution is 0.616. The number of halogens is 1. The molecule has 2 aromatic rings. The van der Waals surface area contributed by atoms with Crippen LogP contribution in [-0.4, -0.2) is 0 Å². The third-order valence-corrected chi connectivity index (χ3v) is 5.08. The number of rotatable bonds is 0. The Bertz CT molecular complexity index is 793. The number of benzene rings is 2. The monoisotopic (exact) mass is 322 g/mol. The molecule has 20 heavy (non-hydrogen) atoms. The minimum atomic E-state index is 0.484. The quantitative estimate of drug-likeness (QED) is 0.571. The first-order valence-electron chi connectivity index (χ1n) is 7.03. The van der Waals surface area contributed by atoms with E-state index in [1.807, 2.05) is 0 Å². The molecular weight excluding hydrogens is 308 g/mol. The van der Waals surface area contributed by atoms with E-state index in [-0.39, 0.29) is 0 Å². The van der Waals surface area contributed by atoms with E-state index in [1.54, 1.807) is 0 Å². The summed E-state index contributed by atoms with van der Waals surface area (Å²) >= 11 is 3.72. The van der Waals surface area contributed by atoms with Crippen molar-refractivity contribution in [2.75, 3.05) is 0 Å². The maximum Gasteiger partial charge on any atom is 0.0259 e. The van der Waals surface area contributed by atoms with E-state index in [4.69, 9.17) is 0 Å². The normalized spacial score (nSPS) is 23.4. The summed E-state index contributed by atoms with van der Waals surface area (Å²) in [5.74, 6) is 1.03. The Morgan fingerprint density at radius 1 is 1.05 bits per heavy atom. The molecular formula is C19H15Br. The van der Waals surface area contributed by atoms with E-state index >= 15 is 0 Å². The maximum atomic E-state index is 3.72. The highest BCUT2D eigenvalue weighted by Gasteiger charge is 2.28. The summed E-state index contributed by atoms with van der Waals surface area (Å²) in [5.41, 5.74) is 4.26. The van der Waals surface area contributed by atoms with Crippen LogP contribution >= 0.6 is 15.9 Å². The summed E-state index contributed by atoms with van der Waals surface area (Å²) < 4.78 is 1.18. The number of fused-ring (bicyclic) bond motifs is 5. The zero-order valence-corrected chi connectivity index (χ0v) is 12.9. The molecule has 0 amide bonds. The molecule has 4 rings (SSSR count). The van der Waals surface area contributed by atoms with Gasteiger partial charge in [-0.2, -0.15) is 0 Å². The summed E-state index contributed by atoms with van der Waals surface area (Å²) in [4.78, 5) is 0. The number of hydrogen-bond acceptors (Lipinski definition) is 0. The minimum absolute atomic E-state index is 0.484. The lowest BCUT2D eigenvalue weighted by Crippen LogP contribution is -2.16. The second-order valence-electron chi connectivity index (χ2n) is 5.63. The summed E-state index contributed by atoms with van der Waals surface area (Å²) in [6.45, 7) is 2.31. The van der Waals surface area contributed by atoms with Crippen LogP contribution in [0.2, 0.25) is 0 Å². The largest absolute Gasteiger partial charge is 0.0807 e. The van der Waals surface area contributed by atoms with Gasteiger partial charge in [-0.05, 0) is 39.5 Å². The fourth-order valence-corrected chi connectivity index (χ4v) is 4.09. The predicted octanol–water partition coefficient (Wildman–Crippen LogP) is 5.85. The van der Waals surface area contributed by atoms with Gasteiger partial charge in [0, 0.05) is 10.4 Å². The summed E-state index contributed by atoms with van der Waals surface area (Å²) in [5, 5.41) is 2.68. The summed E-state index contributed by atoms with van der Waals surface area (Å²) in [6.07, 6.45) is 11.3. The number of hydrogen-bond donors (Lipinski definition) is 0. The highest BCUT2D eigenvalue weighted by molar-refractivity contribution is 9.10. The SMILES string of the molecule is CC1C=CC=C2C=Cc3cc(Br)c4ccccc4c3C21. The lowest BCUT2D eigenvalue weighted by atomic mass is 9.72. The molecule has 0 radical (unpaired) electrons. The Morgan fingerprint density at radius 2 is 1.85 bits per heavy atom. The highest BCUT2D eigenvalue weighted by Crippen LogP contribution is 2.46. The van der Waals surface area contributed by atoms with E-state index in [0.717, 1.165) is 0 Å². The molecule has 98 valence electrons. The third-order valence-electron chi connectivity index (χ3n) is 4.42. The fourth-order valence-electron chi connectivity index (χ4n) is 3.49. The third kappa shape index (κ3) is 1.66. The molecule has 0 saturated carbocycles. The Hall–Kier alpha value is -1.60. The zero-order chi connectivity index (χ0) is 13.7. The van der Waals surface area contributed by atoms with Crippen LogP contribution in [0.4, 0.5) is 0 Å². The Morgan fingerprint density at radius 3 is 2.70 bits per heavy atom. The second kappa shape index (κ2) is 4.46. The molecule has 2 aliphatic carbocycles. The van der Waals surface area contributed by atoms with Gasteiger partial charge in [-0.25, -0.2) is 0 Å². The van der Waals surface area contributed by atoms with Gasteiger partial charge in [0.25, 0.3) is 0 Å². The van der Waals surface area contributed by atoms with E-state index in [0.29, 0.717) is 11.8 Å². The van der Waals surface area contributed by atoms with Crippen LogP contribution in [0.3, 0.4) is 0 Å². The summed E-state index contributed by atoms with van der Waals surface area (Å²) in [6, 6.07) is 11.0. The highest BCUT2D eigenvalue weighted by atomic mass is 79.9. The van der Waals surface area contributed by atoms with Crippen LogP contribution in [0.1, 0.15) is 24.0 Å². The Labute approximate surface area is 127 Å². The van der Waals surface area contributed by atoms with Crippen LogP contribution in [0, 0.1) is 5.92 Å². The Balaban J connectivity index is 2.10. The summed E-state index contributed by atoms with van der Waals surface area (Å²) in [7, 11) is 0. The first-order chi connectivity index (χ1) is 9.75. The van der Waals surface area contributed by atoms with Crippen molar-refractivity contribution in [2.24, 2.45) is 5.92 Å². The van der Waals surface area contributed by atoms with Crippen molar-refractivity contribution < 1.29 is 0 Å². The van der Waals surface area contributed by atoms with E-state index < -0.39 is 0 Å².